The number of hydrogen-bond donors (Lipinski definition) is 1. The van der Waals surface area contributed by atoms with Gasteiger partial charge in [0.15, 0.2) is 5.78 Å². The maximum absolute atomic E-state index is 12.3. The minimum atomic E-state index is -0.449. The molecule has 2 rings (SSSR count). The maximum Gasteiger partial charge on any atom is 0.407 e. The Balaban J connectivity index is 2.00. The zero-order chi connectivity index (χ0) is 18.1. The second-order valence-electron chi connectivity index (χ2n) is 6.43. The standard InChI is InChI=1S/C21H25NO3/c1-16(2)15-25-21(24)22-19(17-9-5-3-6-10-17)13-14-20(23)18-11-7-4-8-12-18/h3-12,16,19H,13-15H2,1-2H3,(H,22,24). The van der Waals surface area contributed by atoms with E-state index >= 15 is 0 Å². The van der Waals surface area contributed by atoms with Gasteiger partial charge in [-0.15, -0.1) is 0 Å². The minimum absolute atomic E-state index is 0.0684. The molecule has 2 aromatic carbocycles. The molecule has 0 spiro atoms. The zero-order valence-electron chi connectivity index (χ0n) is 14.8. The molecule has 1 N–H and O–H groups in total. The highest BCUT2D eigenvalue weighted by atomic mass is 16.5. The summed E-state index contributed by atoms with van der Waals surface area (Å²) in [4.78, 5) is 24.4. The summed E-state index contributed by atoms with van der Waals surface area (Å²) < 4.78 is 5.21. The van der Waals surface area contributed by atoms with Gasteiger partial charge in [-0.2, -0.15) is 0 Å². The van der Waals surface area contributed by atoms with Gasteiger partial charge in [0.25, 0.3) is 0 Å². The normalized spacial score (nSPS) is 11.8. The van der Waals surface area contributed by atoms with Gasteiger partial charge in [0, 0.05) is 12.0 Å². The van der Waals surface area contributed by atoms with Crippen LogP contribution in [0.4, 0.5) is 4.79 Å². The number of alkyl carbamates (subject to hydrolysis) is 1. The van der Waals surface area contributed by atoms with Gasteiger partial charge in [-0.05, 0) is 17.9 Å². The Labute approximate surface area is 149 Å². The van der Waals surface area contributed by atoms with E-state index in [0.29, 0.717) is 25.0 Å². The lowest BCUT2D eigenvalue weighted by molar-refractivity contribution is 0.0971. The number of rotatable bonds is 8. The van der Waals surface area contributed by atoms with Crippen molar-refractivity contribution in [3.05, 3.63) is 71.8 Å². The molecule has 25 heavy (non-hydrogen) atoms. The second kappa shape index (κ2) is 9.62. The van der Waals surface area contributed by atoms with E-state index in [1.165, 1.54) is 0 Å². The van der Waals surface area contributed by atoms with Crippen LogP contribution in [0.5, 0.6) is 0 Å². The topological polar surface area (TPSA) is 55.4 Å². The Morgan fingerprint density at radius 1 is 0.960 bits per heavy atom. The van der Waals surface area contributed by atoms with Crippen molar-refractivity contribution in [1.29, 1.82) is 0 Å². The molecule has 0 aliphatic carbocycles. The Hall–Kier alpha value is -2.62. The van der Waals surface area contributed by atoms with Crippen molar-refractivity contribution in [2.24, 2.45) is 5.92 Å². The van der Waals surface area contributed by atoms with E-state index in [4.69, 9.17) is 4.74 Å². The summed E-state index contributed by atoms with van der Waals surface area (Å²) in [6, 6.07) is 18.6. The summed E-state index contributed by atoms with van der Waals surface area (Å²) in [6.45, 7) is 4.34. The summed E-state index contributed by atoms with van der Waals surface area (Å²) in [5.74, 6) is 0.347. The average Bonchev–Trinajstić information content (AvgIpc) is 2.64. The van der Waals surface area contributed by atoms with E-state index in [-0.39, 0.29) is 17.7 Å². The van der Waals surface area contributed by atoms with E-state index in [1.54, 1.807) is 0 Å². The first-order chi connectivity index (χ1) is 12.1. The fourth-order valence-corrected chi connectivity index (χ4v) is 2.48. The number of amides is 1. The molecule has 1 amide bonds. The van der Waals surface area contributed by atoms with Gasteiger partial charge in [0.1, 0.15) is 0 Å². The second-order valence-corrected chi connectivity index (χ2v) is 6.43. The number of hydrogen-bond acceptors (Lipinski definition) is 3. The number of nitrogens with one attached hydrogen (secondary N) is 1. The van der Waals surface area contributed by atoms with Crippen LogP contribution in [0.1, 0.15) is 48.7 Å². The summed E-state index contributed by atoms with van der Waals surface area (Å²) >= 11 is 0. The van der Waals surface area contributed by atoms with Crippen LogP contribution in [0.2, 0.25) is 0 Å². The number of ketones is 1. The highest BCUT2D eigenvalue weighted by Crippen LogP contribution is 2.20. The quantitative estimate of drug-likeness (QED) is 0.705. The van der Waals surface area contributed by atoms with E-state index in [1.807, 2.05) is 74.5 Å². The molecule has 4 nitrogen and oxygen atoms in total. The Morgan fingerprint density at radius 2 is 1.56 bits per heavy atom. The van der Waals surface area contributed by atoms with Crippen molar-refractivity contribution in [2.75, 3.05) is 6.61 Å². The molecule has 0 aromatic heterocycles. The summed E-state index contributed by atoms with van der Waals surface area (Å²) in [6.07, 6.45) is 0.428. The Kier molecular flexibility index (Phi) is 7.20. The van der Waals surface area contributed by atoms with Crippen LogP contribution < -0.4 is 5.32 Å². The molecule has 4 heteroatoms. The smallest absolute Gasteiger partial charge is 0.407 e. The highest BCUT2D eigenvalue weighted by molar-refractivity contribution is 5.96. The molecule has 0 fully saturated rings. The molecule has 0 saturated heterocycles. The van der Waals surface area contributed by atoms with Crippen molar-refractivity contribution in [2.45, 2.75) is 32.7 Å². The molecule has 132 valence electrons. The number of benzene rings is 2. The fraction of sp³-hybridized carbons (Fsp3) is 0.333. The highest BCUT2D eigenvalue weighted by Gasteiger charge is 2.17. The average molecular weight is 339 g/mol. The SMILES string of the molecule is CC(C)COC(=O)NC(CCC(=O)c1ccccc1)c1ccccc1. The van der Waals surface area contributed by atoms with Gasteiger partial charge in [0.05, 0.1) is 12.6 Å². The van der Waals surface area contributed by atoms with Crippen LogP contribution in [0, 0.1) is 5.92 Å². The summed E-state index contributed by atoms with van der Waals surface area (Å²) in [5.41, 5.74) is 1.65. The lowest BCUT2D eigenvalue weighted by Gasteiger charge is -2.19. The van der Waals surface area contributed by atoms with E-state index in [2.05, 4.69) is 5.32 Å². The van der Waals surface area contributed by atoms with E-state index in [9.17, 15) is 9.59 Å². The molecule has 0 radical (unpaired) electrons. The van der Waals surface area contributed by atoms with Crippen LogP contribution >= 0.6 is 0 Å². The van der Waals surface area contributed by atoms with Crippen LogP contribution in [-0.2, 0) is 4.74 Å². The maximum atomic E-state index is 12.3. The Bertz CT molecular complexity index is 668. The first kappa shape index (κ1) is 18.7. The monoisotopic (exact) mass is 339 g/mol. The Morgan fingerprint density at radius 3 is 2.16 bits per heavy atom. The number of ether oxygens (including phenoxy) is 1. The third-order valence-electron chi connectivity index (χ3n) is 3.80. The van der Waals surface area contributed by atoms with E-state index in [0.717, 1.165) is 5.56 Å². The van der Waals surface area contributed by atoms with E-state index < -0.39 is 6.09 Å². The van der Waals surface area contributed by atoms with Gasteiger partial charge < -0.3 is 10.1 Å². The zero-order valence-corrected chi connectivity index (χ0v) is 14.8. The number of Topliss-reactive ketones (excluding diaryl/α,β-unsaturated/α-hetero) is 1. The molecule has 0 saturated carbocycles. The third-order valence-corrected chi connectivity index (χ3v) is 3.80. The third kappa shape index (κ3) is 6.42. The van der Waals surface area contributed by atoms with Gasteiger partial charge in [-0.25, -0.2) is 4.79 Å². The van der Waals surface area contributed by atoms with Gasteiger partial charge in [0.2, 0.25) is 0 Å². The molecule has 0 aliphatic heterocycles. The first-order valence-electron chi connectivity index (χ1n) is 8.62. The summed E-state index contributed by atoms with van der Waals surface area (Å²) in [7, 11) is 0. The lowest BCUT2D eigenvalue weighted by atomic mass is 9.98. The number of carbonyl (C=O) groups excluding carboxylic acids is 2. The van der Waals surface area contributed by atoms with Crippen LogP contribution in [-0.4, -0.2) is 18.5 Å². The molecular weight excluding hydrogens is 314 g/mol. The van der Waals surface area contributed by atoms with Crippen LogP contribution in [0.3, 0.4) is 0 Å². The first-order valence-corrected chi connectivity index (χ1v) is 8.62. The molecule has 2 aromatic rings. The minimum Gasteiger partial charge on any atom is -0.449 e. The van der Waals surface area contributed by atoms with Crippen molar-refractivity contribution in [3.63, 3.8) is 0 Å². The van der Waals surface area contributed by atoms with Crippen molar-refractivity contribution >= 4 is 11.9 Å². The molecule has 0 heterocycles. The largest absolute Gasteiger partial charge is 0.449 e. The predicted molar refractivity (Wildman–Crippen MR) is 98.5 cm³/mol. The van der Waals surface area contributed by atoms with Crippen LogP contribution in [0.15, 0.2) is 60.7 Å². The summed E-state index contributed by atoms with van der Waals surface area (Å²) in [5, 5.41) is 2.88. The molecule has 0 bridgehead atoms. The number of carbonyl (C=O) groups is 2. The van der Waals surface area contributed by atoms with Gasteiger partial charge in [-0.3, -0.25) is 4.79 Å². The molecular formula is C21H25NO3. The fourth-order valence-electron chi connectivity index (χ4n) is 2.48. The van der Waals surface area contributed by atoms with Crippen molar-refractivity contribution in [1.82, 2.24) is 5.32 Å². The lowest BCUT2D eigenvalue weighted by Crippen LogP contribution is -2.30. The van der Waals surface area contributed by atoms with Crippen LogP contribution in [0.25, 0.3) is 0 Å². The van der Waals surface area contributed by atoms with Crippen molar-refractivity contribution < 1.29 is 14.3 Å². The molecule has 0 aliphatic rings. The van der Waals surface area contributed by atoms with Gasteiger partial charge >= 0.3 is 6.09 Å². The van der Waals surface area contributed by atoms with Crippen molar-refractivity contribution in [3.8, 4) is 0 Å². The predicted octanol–water partition coefficient (Wildman–Crippen LogP) is 4.77. The molecule has 1 unspecified atom stereocenters. The van der Waals surface area contributed by atoms with Gasteiger partial charge in [-0.1, -0.05) is 74.5 Å². The molecule has 1 atom stereocenters.